The smallest absolute Gasteiger partial charge is 0.337 e. The van der Waals surface area contributed by atoms with Crippen molar-refractivity contribution in [3.8, 4) is 0 Å². The number of halogens is 2. The maximum atomic E-state index is 12.2. The van der Waals surface area contributed by atoms with Crippen LogP contribution in [0.4, 0.5) is 8.78 Å². The monoisotopic (exact) mass is 216 g/mol. The summed E-state index contributed by atoms with van der Waals surface area (Å²) in [5.74, 6) is -0.627. The molecule has 1 rings (SSSR count). The van der Waals surface area contributed by atoms with Crippen LogP contribution < -0.4 is 0 Å². The summed E-state index contributed by atoms with van der Waals surface area (Å²) in [5.41, 5.74) is 0.127. The molecule has 0 aliphatic heterocycles. The molecule has 0 aromatic heterocycles. The van der Waals surface area contributed by atoms with E-state index in [0.717, 1.165) is 0 Å². The molecule has 82 valence electrons. The summed E-state index contributed by atoms with van der Waals surface area (Å²) in [6.07, 6.45) is -4.76. The predicted molar refractivity (Wildman–Crippen MR) is 48.7 cm³/mol. The van der Waals surface area contributed by atoms with Crippen molar-refractivity contribution in [1.82, 2.24) is 0 Å². The van der Waals surface area contributed by atoms with Crippen molar-refractivity contribution in [2.75, 3.05) is 7.11 Å². The second-order valence-corrected chi connectivity index (χ2v) is 2.90. The molecule has 1 aromatic carbocycles. The van der Waals surface area contributed by atoms with Crippen LogP contribution in [-0.4, -0.2) is 24.6 Å². The Morgan fingerprint density at radius 3 is 2.67 bits per heavy atom. The zero-order valence-corrected chi connectivity index (χ0v) is 7.98. The topological polar surface area (TPSA) is 46.5 Å². The molecule has 0 aliphatic carbocycles. The van der Waals surface area contributed by atoms with Gasteiger partial charge in [0.1, 0.15) is 6.10 Å². The Kier molecular flexibility index (Phi) is 3.74. The van der Waals surface area contributed by atoms with Crippen LogP contribution in [0.3, 0.4) is 0 Å². The number of hydrogen-bond donors (Lipinski definition) is 1. The van der Waals surface area contributed by atoms with Crippen LogP contribution in [0.15, 0.2) is 24.3 Å². The van der Waals surface area contributed by atoms with E-state index < -0.39 is 18.5 Å². The highest BCUT2D eigenvalue weighted by atomic mass is 19.3. The van der Waals surface area contributed by atoms with E-state index in [4.69, 9.17) is 5.11 Å². The lowest BCUT2D eigenvalue weighted by Crippen LogP contribution is -2.09. The molecule has 0 spiro atoms. The van der Waals surface area contributed by atoms with Gasteiger partial charge in [-0.05, 0) is 17.7 Å². The van der Waals surface area contributed by atoms with E-state index in [1.165, 1.54) is 31.4 Å². The first kappa shape index (κ1) is 11.6. The molecule has 0 saturated carbocycles. The van der Waals surface area contributed by atoms with E-state index in [0.29, 0.717) is 0 Å². The fourth-order valence-electron chi connectivity index (χ4n) is 1.11. The van der Waals surface area contributed by atoms with Gasteiger partial charge in [0.05, 0.1) is 12.7 Å². The van der Waals surface area contributed by atoms with Gasteiger partial charge in [0.15, 0.2) is 0 Å². The Morgan fingerprint density at radius 2 is 2.13 bits per heavy atom. The molecular formula is C10H10F2O3. The number of methoxy groups -OCH3 is 1. The van der Waals surface area contributed by atoms with Gasteiger partial charge < -0.3 is 9.84 Å². The Hall–Kier alpha value is -1.49. The molecule has 1 atom stereocenters. The second-order valence-electron chi connectivity index (χ2n) is 2.90. The van der Waals surface area contributed by atoms with Crippen LogP contribution >= 0.6 is 0 Å². The lowest BCUT2D eigenvalue weighted by Gasteiger charge is -2.10. The number of carbonyl (C=O) groups is 1. The summed E-state index contributed by atoms with van der Waals surface area (Å²) in [6.45, 7) is 0. The molecule has 0 bridgehead atoms. The van der Waals surface area contributed by atoms with Crippen molar-refractivity contribution >= 4 is 5.97 Å². The van der Waals surface area contributed by atoms with Gasteiger partial charge in [-0.2, -0.15) is 0 Å². The minimum absolute atomic E-state index is 0.00657. The summed E-state index contributed by atoms with van der Waals surface area (Å²) in [4.78, 5) is 11.1. The van der Waals surface area contributed by atoms with Gasteiger partial charge in [0, 0.05) is 0 Å². The zero-order chi connectivity index (χ0) is 11.4. The first-order chi connectivity index (χ1) is 7.06. The summed E-state index contributed by atoms with van der Waals surface area (Å²) >= 11 is 0. The normalized spacial score (nSPS) is 12.6. The molecule has 1 unspecified atom stereocenters. The molecular weight excluding hydrogens is 206 g/mol. The van der Waals surface area contributed by atoms with Crippen molar-refractivity contribution in [3.63, 3.8) is 0 Å². The van der Waals surface area contributed by atoms with Crippen LogP contribution in [0.25, 0.3) is 0 Å². The quantitative estimate of drug-likeness (QED) is 0.783. The highest BCUT2D eigenvalue weighted by Gasteiger charge is 2.20. The fraction of sp³-hybridized carbons (Fsp3) is 0.300. The molecule has 15 heavy (non-hydrogen) atoms. The van der Waals surface area contributed by atoms with Crippen LogP contribution in [-0.2, 0) is 4.74 Å². The summed E-state index contributed by atoms with van der Waals surface area (Å²) in [7, 11) is 1.19. The zero-order valence-electron chi connectivity index (χ0n) is 7.98. The minimum atomic E-state index is -2.88. The molecule has 0 radical (unpaired) electrons. The van der Waals surface area contributed by atoms with E-state index in [2.05, 4.69) is 4.74 Å². The molecule has 0 fully saturated rings. The van der Waals surface area contributed by atoms with Gasteiger partial charge in [0.25, 0.3) is 6.43 Å². The predicted octanol–water partition coefficient (Wildman–Crippen LogP) is 1.77. The van der Waals surface area contributed by atoms with E-state index in [1.54, 1.807) is 0 Å². The van der Waals surface area contributed by atoms with Gasteiger partial charge in [-0.1, -0.05) is 12.1 Å². The SMILES string of the molecule is COC(=O)c1cccc(C(O)C(F)F)c1. The maximum Gasteiger partial charge on any atom is 0.337 e. The largest absolute Gasteiger partial charge is 0.465 e. The lowest BCUT2D eigenvalue weighted by molar-refractivity contribution is -0.00585. The van der Waals surface area contributed by atoms with E-state index in [9.17, 15) is 13.6 Å². The number of benzene rings is 1. The molecule has 0 aliphatic rings. The maximum absolute atomic E-state index is 12.2. The van der Waals surface area contributed by atoms with E-state index in [1.807, 2.05) is 0 Å². The number of aliphatic hydroxyl groups excluding tert-OH is 1. The third kappa shape index (κ3) is 2.73. The molecule has 5 heteroatoms. The van der Waals surface area contributed by atoms with Crippen molar-refractivity contribution in [3.05, 3.63) is 35.4 Å². The van der Waals surface area contributed by atoms with Crippen molar-refractivity contribution in [1.29, 1.82) is 0 Å². The summed E-state index contributed by atoms with van der Waals surface area (Å²) < 4.78 is 28.7. The third-order valence-electron chi connectivity index (χ3n) is 1.89. The number of rotatable bonds is 3. The van der Waals surface area contributed by atoms with E-state index in [-0.39, 0.29) is 11.1 Å². The molecule has 3 nitrogen and oxygen atoms in total. The molecule has 0 amide bonds. The van der Waals surface area contributed by atoms with Crippen molar-refractivity contribution < 1.29 is 23.4 Å². The van der Waals surface area contributed by atoms with Crippen molar-refractivity contribution in [2.45, 2.75) is 12.5 Å². The number of alkyl halides is 2. The van der Waals surface area contributed by atoms with Gasteiger partial charge in [-0.25, -0.2) is 13.6 Å². The van der Waals surface area contributed by atoms with Crippen LogP contribution in [0, 0.1) is 0 Å². The highest BCUT2D eigenvalue weighted by molar-refractivity contribution is 5.89. The fourth-order valence-corrected chi connectivity index (χ4v) is 1.11. The second kappa shape index (κ2) is 4.84. The lowest BCUT2D eigenvalue weighted by atomic mass is 10.1. The average Bonchev–Trinajstić information content (AvgIpc) is 2.27. The molecule has 0 heterocycles. The van der Waals surface area contributed by atoms with Crippen molar-refractivity contribution in [2.24, 2.45) is 0 Å². The number of esters is 1. The molecule has 1 N–H and O–H groups in total. The van der Waals surface area contributed by atoms with Gasteiger partial charge in [-0.3, -0.25) is 0 Å². The number of ether oxygens (including phenoxy) is 1. The standard InChI is InChI=1S/C10H10F2O3/c1-15-10(14)7-4-2-3-6(5-7)8(13)9(11)12/h2-5,8-9,13H,1H3. The van der Waals surface area contributed by atoms with Gasteiger partial charge in [0.2, 0.25) is 0 Å². The third-order valence-corrected chi connectivity index (χ3v) is 1.89. The van der Waals surface area contributed by atoms with E-state index >= 15 is 0 Å². The number of carbonyl (C=O) groups excluding carboxylic acids is 1. The van der Waals surface area contributed by atoms with Crippen LogP contribution in [0.5, 0.6) is 0 Å². The summed E-state index contributed by atoms with van der Waals surface area (Å²) in [5, 5.41) is 9.07. The Balaban J connectivity index is 2.97. The Labute approximate surface area is 85.3 Å². The highest BCUT2D eigenvalue weighted by Crippen LogP contribution is 2.21. The Morgan fingerprint density at radius 1 is 1.47 bits per heavy atom. The Bertz CT molecular complexity index is 352. The first-order valence-corrected chi connectivity index (χ1v) is 4.20. The summed E-state index contributed by atoms with van der Waals surface area (Å²) in [6, 6.07) is 5.34. The first-order valence-electron chi connectivity index (χ1n) is 4.20. The average molecular weight is 216 g/mol. The molecule has 1 aromatic rings. The van der Waals surface area contributed by atoms with Gasteiger partial charge >= 0.3 is 5.97 Å². The molecule has 0 saturated heterocycles. The van der Waals surface area contributed by atoms with Gasteiger partial charge in [-0.15, -0.1) is 0 Å². The van der Waals surface area contributed by atoms with Crippen LogP contribution in [0.1, 0.15) is 22.0 Å². The number of aliphatic hydroxyl groups is 1. The number of hydrogen-bond acceptors (Lipinski definition) is 3. The van der Waals surface area contributed by atoms with Crippen LogP contribution in [0.2, 0.25) is 0 Å². The minimum Gasteiger partial charge on any atom is -0.465 e.